The van der Waals surface area contributed by atoms with Crippen LogP contribution < -0.4 is 10.0 Å². The van der Waals surface area contributed by atoms with Crippen LogP contribution in [0.15, 0.2) is 29.2 Å². The normalized spacial score (nSPS) is 12.2. The molecule has 0 unspecified atom stereocenters. The van der Waals surface area contributed by atoms with Crippen LogP contribution in [0.3, 0.4) is 0 Å². The van der Waals surface area contributed by atoms with Crippen LogP contribution in [0, 0.1) is 6.92 Å². The topological polar surface area (TPSA) is 81.6 Å². The molecule has 5 nitrogen and oxygen atoms in total. The van der Waals surface area contributed by atoms with Gasteiger partial charge in [0.2, 0.25) is 5.91 Å². The monoisotopic (exact) mass is 258 g/mol. The summed E-state index contributed by atoms with van der Waals surface area (Å²) in [5, 5.41) is 2.57. The molecule has 0 radical (unpaired) electrons. The van der Waals surface area contributed by atoms with Crippen LogP contribution in [0.4, 0.5) is 0 Å². The second-order valence-corrected chi connectivity index (χ2v) is 5.60. The Hall–Kier alpha value is -1.08. The Labute approximate surface area is 103 Å². The molecule has 17 heavy (non-hydrogen) atoms. The quantitative estimate of drug-likeness (QED) is 0.606. The van der Waals surface area contributed by atoms with E-state index in [9.17, 15) is 13.9 Å². The standard InChI is InChI=1S/C11H18N2O3S/c1-9-3-5-11(6-4-9)17(15,16)13-8-7-12-10(2)14/h3-6,13,15-16H,7-8H2,1-2H3,(H,12,14). The highest BCUT2D eigenvalue weighted by Crippen LogP contribution is 2.43. The first-order valence-corrected chi connectivity index (χ1v) is 6.80. The summed E-state index contributed by atoms with van der Waals surface area (Å²) in [7, 11) is -2.98. The van der Waals surface area contributed by atoms with E-state index in [0.29, 0.717) is 18.0 Å². The molecular formula is C11H18N2O3S. The van der Waals surface area contributed by atoms with Gasteiger partial charge in [-0.15, -0.1) is 10.8 Å². The first kappa shape index (κ1) is 14.0. The van der Waals surface area contributed by atoms with Crippen molar-refractivity contribution in [2.24, 2.45) is 0 Å². The second-order valence-electron chi connectivity index (χ2n) is 3.74. The zero-order valence-corrected chi connectivity index (χ0v) is 10.8. The number of amides is 1. The molecule has 0 aliphatic rings. The van der Waals surface area contributed by atoms with Gasteiger partial charge in [-0.2, -0.15) is 0 Å². The molecule has 0 fully saturated rings. The van der Waals surface area contributed by atoms with E-state index in [2.05, 4.69) is 10.0 Å². The number of hydrogen-bond donors (Lipinski definition) is 4. The second kappa shape index (κ2) is 6.02. The van der Waals surface area contributed by atoms with Gasteiger partial charge in [0.05, 0.1) is 4.90 Å². The molecule has 0 bridgehead atoms. The van der Waals surface area contributed by atoms with Gasteiger partial charge < -0.3 is 5.32 Å². The first-order valence-electron chi connectivity index (χ1n) is 5.26. The lowest BCUT2D eigenvalue weighted by Gasteiger charge is -2.33. The number of carbonyl (C=O) groups excluding carboxylic acids is 1. The highest BCUT2D eigenvalue weighted by Gasteiger charge is 2.13. The molecule has 0 aliphatic heterocycles. The van der Waals surface area contributed by atoms with Gasteiger partial charge in [0.1, 0.15) is 0 Å². The Balaban J connectivity index is 2.50. The zero-order valence-electron chi connectivity index (χ0n) is 9.93. The van der Waals surface area contributed by atoms with E-state index in [1.165, 1.54) is 6.92 Å². The van der Waals surface area contributed by atoms with Crippen molar-refractivity contribution in [1.82, 2.24) is 10.0 Å². The van der Waals surface area contributed by atoms with Gasteiger partial charge in [0, 0.05) is 20.0 Å². The van der Waals surface area contributed by atoms with Crippen molar-refractivity contribution in [3.63, 3.8) is 0 Å². The third-order valence-electron chi connectivity index (χ3n) is 2.15. The van der Waals surface area contributed by atoms with Crippen molar-refractivity contribution in [3.8, 4) is 0 Å². The molecule has 0 heterocycles. The van der Waals surface area contributed by atoms with Crippen molar-refractivity contribution in [2.75, 3.05) is 13.1 Å². The first-order chi connectivity index (χ1) is 7.92. The van der Waals surface area contributed by atoms with Crippen LogP contribution in [0.25, 0.3) is 0 Å². The molecule has 1 aromatic carbocycles. The summed E-state index contributed by atoms with van der Waals surface area (Å²) in [5.74, 6) is -0.140. The lowest BCUT2D eigenvalue weighted by molar-refractivity contribution is -0.118. The third kappa shape index (κ3) is 4.74. The number of hydrogen-bond acceptors (Lipinski definition) is 4. The number of carbonyl (C=O) groups is 1. The maximum atomic E-state index is 10.6. The summed E-state index contributed by atoms with van der Waals surface area (Å²) in [6.07, 6.45) is 0. The van der Waals surface area contributed by atoms with Crippen LogP contribution in [0.5, 0.6) is 0 Å². The summed E-state index contributed by atoms with van der Waals surface area (Å²) < 4.78 is 22.3. The molecule has 1 aromatic rings. The Morgan fingerprint density at radius 2 is 1.82 bits per heavy atom. The fourth-order valence-electron chi connectivity index (χ4n) is 1.24. The largest absolute Gasteiger partial charge is 0.355 e. The van der Waals surface area contributed by atoms with Gasteiger partial charge >= 0.3 is 0 Å². The molecule has 0 aliphatic carbocycles. The predicted molar refractivity (Wildman–Crippen MR) is 69.0 cm³/mol. The van der Waals surface area contributed by atoms with Crippen LogP contribution in [0.1, 0.15) is 12.5 Å². The molecule has 96 valence electrons. The lowest BCUT2D eigenvalue weighted by Crippen LogP contribution is -2.31. The predicted octanol–water partition coefficient (Wildman–Crippen LogP) is 1.75. The van der Waals surface area contributed by atoms with Crippen LogP contribution in [-0.2, 0) is 4.79 Å². The van der Waals surface area contributed by atoms with E-state index in [4.69, 9.17) is 0 Å². The Kier molecular flexibility index (Phi) is 4.95. The van der Waals surface area contributed by atoms with Gasteiger partial charge in [0.15, 0.2) is 0 Å². The van der Waals surface area contributed by atoms with E-state index in [1.807, 2.05) is 19.1 Å². The maximum absolute atomic E-state index is 10.6. The van der Waals surface area contributed by atoms with Gasteiger partial charge in [-0.1, -0.05) is 17.7 Å². The van der Waals surface area contributed by atoms with Crippen molar-refractivity contribution in [3.05, 3.63) is 29.8 Å². The summed E-state index contributed by atoms with van der Waals surface area (Å²) in [6, 6.07) is 6.99. The zero-order chi connectivity index (χ0) is 12.9. The van der Waals surface area contributed by atoms with Gasteiger partial charge in [-0.25, -0.2) is 4.72 Å². The van der Waals surface area contributed by atoms with Crippen molar-refractivity contribution in [2.45, 2.75) is 18.7 Å². The van der Waals surface area contributed by atoms with E-state index >= 15 is 0 Å². The van der Waals surface area contributed by atoms with Gasteiger partial charge in [0.25, 0.3) is 0 Å². The minimum absolute atomic E-state index is 0.140. The molecular weight excluding hydrogens is 240 g/mol. The lowest BCUT2D eigenvalue weighted by atomic mass is 10.2. The molecule has 0 aromatic heterocycles. The van der Waals surface area contributed by atoms with Crippen LogP contribution in [-0.4, -0.2) is 28.1 Å². The van der Waals surface area contributed by atoms with E-state index in [1.54, 1.807) is 12.1 Å². The molecule has 0 spiro atoms. The van der Waals surface area contributed by atoms with Crippen molar-refractivity contribution >= 4 is 16.7 Å². The fourth-order valence-corrected chi connectivity index (χ4v) is 2.31. The number of benzene rings is 1. The molecule has 0 saturated heterocycles. The maximum Gasteiger partial charge on any atom is 0.216 e. The van der Waals surface area contributed by atoms with E-state index in [-0.39, 0.29) is 5.91 Å². The molecule has 0 atom stereocenters. The Morgan fingerprint density at radius 3 is 2.35 bits per heavy atom. The molecule has 1 rings (SSSR count). The fraction of sp³-hybridized carbons (Fsp3) is 0.364. The Morgan fingerprint density at radius 1 is 1.24 bits per heavy atom. The van der Waals surface area contributed by atoms with E-state index < -0.39 is 10.8 Å². The van der Waals surface area contributed by atoms with E-state index in [0.717, 1.165) is 5.56 Å². The minimum atomic E-state index is -2.98. The van der Waals surface area contributed by atoms with Gasteiger partial charge in [-0.05, 0) is 19.1 Å². The number of rotatable bonds is 5. The van der Waals surface area contributed by atoms with Crippen LogP contribution in [0.2, 0.25) is 0 Å². The number of nitrogens with one attached hydrogen (secondary N) is 2. The average molecular weight is 258 g/mol. The third-order valence-corrected chi connectivity index (χ3v) is 3.69. The number of aryl methyl sites for hydroxylation is 1. The molecule has 0 saturated carbocycles. The SMILES string of the molecule is CC(=O)NCCNS(O)(O)c1ccc(C)cc1. The minimum Gasteiger partial charge on any atom is -0.355 e. The molecule has 1 amide bonds. The molecule has 6 heteroatoms. The summed E-state index contributed by atoms with van der Waals surface area (Å²) in [4.78, 5) is 11.1. The summed E-state index contributed by atoms with van der Waals surface area (Å²) >= 11 is 0. The van der Waals surface area contributed by atoms with Crippen molar-refractivity contribution in [1.29, 1.82) is 0 Å². The van der Waals surface area contributed by atoms with Crippen molar-refractivity contribution < 1.29 is 13.9 Å². The summed E-state index contributed by atoms with van der Waals surface area (Å²) in [5.41, 5.74) is 1.06. The molecule has 4 N–H and O–H groups in total. The van der Waals surface area contributed by atoms with Gasteiger partial charge in [-0.3, -0.25) is 13.9 Å². The highest BCUT2D eigenvalue weighted by molar-refractivity contribution is 8.22. The highest BCUT2D eigenvalue weighted by atomic mass is 32.3. The smallest absolute Gasteiger partial charge is 0.216 e. The average Bonchev–Trinajstić information content (AvgIpc) is 2.25. The summed E-state index contributed by atoms with van der Waals surface area (Å²) in [6.45, 7) is 4.00. The van der Waals surface area contributed by atoms with Crippen LogP contribution >= 0.6 is 10.8 Å². The Bertz CT molecular complexity index is 379.